The molecule has 0 saturated heterocycles. The lowest BCUT2D eigenvalue weighted by Gasteiger charge is -2.09. The molecule has 0 bridgehead atoms. The number of carboxylic acids is 1. The maximum Gasteiger partial charge on any atom is 0.338 e. The quantitative estimate of drug-likeness (QED) is 0.681. The van der Waals surface area contributed by atoms with E-state index in [1.807, 2.05) is 19.9 Å². The molecule has 0 aliphatic heterocycles. The van der Waals surface area contributed by atoms with Gasteiger partial charge in [0.05, 0.1) is 5.56 Å². The van der Waals surface area contributed by atoms with Crippen LogP contribution in [-0.4, -0.2) is 11.1 Å². The molecular weight excluding hydrogens is 166 g/mol. The number of rotatable bonds is 2. The number of aromatic carboxylic acids is 1. The highest BCUT2D eigenvalue weighted by molar-refractivity contribution is 5.95. The lowest BCUT2D eigenvalue weighted by atomic mass is 9.98. The van der Waals surface area contributed by atoms with E-state index in [1.54, 1.807) is 6.07 Å². The number of nitrogens with two attached hydrogens (primary N) is 1. The highest BCUT2D eigenvalue weighted by Gasteiger charge is 2.14. The summed E-state index contributed by atoms with van der Waals surface area (Å²) in [5, 5.41) is 8.92. The number of anilines is 1. The first-order valence-electron chi connectivity index (χ1n) is 4.19. The molecule has 13 heavy (non-hydrogen) atoms. The predicted molar refractivity (Wildman–Crippen MR) is 51.9 cm³/mol. The minimum atomic E-state index is -0.946. The summed E-state index contributed by atoms with van der Waals surface area (Å²) >= 11 is 0. The second-order valence-electron chi connectivity index (χ2n) is 2.98. The number of benzene rings is 1. The highest BCUT2D eigenvalue weighted by Crippen LogP contribution is 2.21. The molecule has 3 N–H and O–H groups in total. The average molecular weight is 179 g/mol. The Bertz CT molecular complexity index is 345. The molecule has 0 unspecified atom stereocenters. The Balaban J connectivity index is 3.43. The molecule has 70 valence electrons. The van der Waals surface area contributed by atoms with E-state index in [2.05, 4.69) is 0 Å². The monoisotopic (exact) mass is 179 g/mol. The molecule has 0 aliphatic rings. The SMILES string of the molecule is CCc1c(C)ccc(N)c1C(=O)O. The van der Waals surface area contributed by atoms with Crippen LogP contribution in [-0.2, 0) is 6.42 Å². The summed E-state index contributed by atoms with van der Waals surface area (Å²) in [6.45, 7) is 3.82. The fourth-order valence-electron chi connectivity index (χ4n) is 1.48. The minimum Gasteiger partial charge on any atom is -0.478 e. The predicted octanol–water partition coefficient (Wildman–Crippen LogP) is 1.84. The fraction of sp³-hybridized carbons (Fsp3) is 0.300. The Morgan fingerprint density at radius 2 is 2.15 bits per heavy atom. The van der Waals surface area contributed by atoms with Crippen molar-refractivity contribution in [1.82, 2.24) is 0 Å². The molecule has 0 fully saturated rings. The van der Waals surface area contributed by atoms with Crippen LogP contribution in [0.4, 0.5) is 5.69 Å². The molecule has 0 saturated carbocycles. The normalized spacial score (nSPS) is 10.0. The van der Waals surface area contributed by atoms with Crippen LogP contribution in [0.3, 0.4) is 0 Å². The van der Waals surface area contributed by atoms with Crippen molar-refractivity contribution in [3.63, 3.8) is 0 Å². The van der Waals surface area contributed by atoms with Crippen LogP contribution in [0.1, 0.15) is 28.4 Å². The minimum absolute atomic E-state index is 0.252. The summed E-state index contributed by atoms with van der Waals surface area (Å²) in [7, 11) is 0. The van der Waals surface area contributed by atoms with Crippen LogP contribution in [0.15, 0.2) is 12.1 Å². The van der Waals surface area contributed by atoms with E-state index in [4.69, 9.17) is 10.8 Å². The lowest BCUT2D eigenvalue weighted by Crippen LogP contribution is -2.08. The molecule has 1 aromatic carbocycles. The third-order valence-electron chi connectivity index (χ3n) is 2.15. The van der Waals surface area contributed by atoms with E-state index in [9.17, 15) is 4.79 Å². The Kier molecular flexibility index (Phi) is 2.56. The van der Waals surface area contributed by atoms with Crippen LogP contribution in [0.25, 0.3) is 0 Å². The van der Waals surface area contributed by atoms with Crippen molar-refractivity contribution < 1.29 is 9.90 Å². The van der Waals surface area contributed by atoms with Gasteiger partial charge in [-0.15, -0.1) is 0 Å². The maximum absolute atomic E-state index is 10.9. The van der Waals surface area contributed by atoms with Gasteiger partial charge in [-0.05, 0) is 30.5 Å². The number of hydrogen-bond donors (Lipinski definition) is 2. The van der Waals surface area contributed by atoms with E-state index in [-0.39, 0.29) is 5.56 Å². The van der Waals surface area contributed by atoms with Gasteiger partial charge in [-0.25, -0.2) is 4.79 Å². The van der Waals surface area contributed by atoms with E-state index >= 15 is 0 Å². The van der Waals surface area contributed by atoms with Gasteiger partial charge in [-0.2, -0.15) is 0 Å². The first kappa shape index (κ1) is 9.58. The van der Waals surface area contributed by atoms with E-state index < -0.39 is 5.97 Å². The summed E-state index contributed by atoms with van der Waals surface area (Å²) in [6, 6.07) is 3.48. The second-order valence-corrected chi connectivity index (χ2v) is 2.98. The molecule has 3 nitrogen and oxygen atoms in total. The number of carbonyl (C=O) groups is 1. The van der Waals surface area contributed by atoms with Gasteiger partial charge in [0.1, 0.15) is 0 Å². The van der Waals surface area contributed by atoms with Crippen molar-refractivity contribution >= 4 is 11.7 Å². The van der Waals surface area contributed by atoms with Crippen LogP contribution < -0.4 is 5.73 Å². The zero-order valence-corrected chi connectivity index (χ0v) is 7.79. The van der Waals surface area contributed by atoms with Crippen molar-refractivity contribution in [1.29, 1.82) is 0 Å². The molecule has 0 aliphatic carbocycles. The molecule has 3 heteroatoms. The molecule has 0 amide bonds. The summed E-state index contributed by atoms with van der Waals surface area (Å²) < 4.78 is 0. The van der Waals surface area contributed by atoms with Gasteiger partial charge >= 0.3 is 5.97 Å². The smallest absolute Gasteiger partial charge is 0.338 e. The largest absolute Gasteiger partial charge is 0.478 e. The number of carboxylic acid groups (broad SMARTS) is 1. The molecule has 0 atom stereocenters. The Labute approximate surface area is 77.2 Å². The topological polar surface area (TPSA) is 63.3 Å². The van der Waals surface area contributed by atoms with Crippen LogP contribution in [0.5, 0.6) is 0 Å². The van der Waals surface area contributed by atoms with Crippen LogP contribution in [0, 0.1) is 6.92 Å². The van der Waals surface area contributed by atoms with Gasteiger partial charge in [0.25, 0.3) is 0 Å². The molecule has 0 aromatic heterocycles. The van der Waals surface area contributed by atoms with Crippen LogP contribution in [0.2, 0.25) is 0 Å². The highest BCUT2D eigenvalue weighted by atomic mass is 16.4. The first-order chi connectivity index (χ1) is 6.07. The molecule has 0 spiro atoms. The zero-order valence-electron chi connectivity index (χ0n) is 7.79. The summed E-state index contributed by atoms with van der Waals surface area (Å²) in [5.74, 6) is -0.946. The van der Waals surface area contributed by atoms with Crippen molar-refractivity contribution in [3.8, 4) is 0 Å². The van der Waals surface area contributed by atoms with Crippen molar-refractivity contribution in [2.24, 2.45) is 0 Å². The summed E-state index contributed by atoms with van der Waals surface area (Å²) in [6.07, 6.45) is 0.693. The van der Waals surface area contributed by atoms with Gasteiger partial charge in [-0.1, -0.05) is 13.0 Å². The molecule has 1 aromatic rings. The first-order valence-corrected chi connectivity index (χ1v) is 4.19. The van der Waals surface area contributed by atoms with Crippen molar-refractivity contribution in [2.75, 3.05) is 5.73 Å². The van der Waals surface area contributed by atoms with Gasteiger partial charge in [-0.3, -0.25) is 0 Å². The number of nitrogen functional groups attached to an aromatic ring is 1. The van der Waals surface area contributed by atoms with E-state index in [0.717, 1.165) is 11.1 Å². The standard InChI is InChI=1S/C10H13NO2/c1-3-7-6(2)4-5-8(11)9(7)10(12)13/h4-5H,3,11H2,1-2H3,(H,12,13). The Hall–Kier alpha value is -1.51. The average Bonchev–Trinajstić information content (AvgIpc) is 2.07. The van der Waals surface area contributed by atoms with Crippen LogP contribution >= 0.6 is 0 Å². The molecule has 0 heterocycles. The van der Waals surface area contributed by atoms with Gasteiger partial charge in [0.15, 0.2) is 0 Å². The van der Waals surface area contributed by atoms with Gasteiger partial charge in [0, 0.05) is 5.69 Å². The fourth-order valence-corrected chi connectivity index (χ4v) is 1.48. The van der Waals surface area contributed by atoms with E-state index in [0.29, 0.717) is 12.1 Å². The maximum atomic E-state index is 10.9. The van der Waals surface area contributed by atoms with E-state index in [1.165, 1.54) is 0 Å². The van der Waals surface area contributed by atoms with Gasteiger partial charge in [0.2, 0.25) is 0 Å². The molecular formula is C10H13NO2. The zero-order chi connectivity index (χ0) is 10.0. The van der Waals surface area contributed by atoms with Crippen molar-refractivity contribution in [2.45, 2.75) is 20.3 Å². The van der Waals surface area contributed by atoms with Crippen molar-refractivity contribution in [3.05, 3.63) is 28.8 Å². The lowest BCUT2D eigenvalue weighted by molar-refractivity contribution is 0.0697. The molecule has 0 radical (unpaired) electrons. The summed E-state index contributed by atoms with van der Waals surface area (Å²) in [4.78, 5) is 10.9. The third kappa shape index (κ3) is 1.64. The third-order valence-corrected chi connectivity index (χ3v) is 2.15. The van der Waals surface area contributed by atoms with Gasteiger partial charge < -0.3 is 10.8 Å². The number of hydrogen-bond acceptors (Lipinski definition) is 2. The Morgan fingerprint density at radius 3 is 2.54 bits per heavy atom. The molecule has 1 rings (SSSR count). The summed E-state index contributed by atoms with van der Waals surface area (Å²) in [5.41, 5.74) is 7.99. The second kappa shape index (κ2) is 3.47. The Morgan fingerprint density at radius 1 is 1.54 bits per heavy atom. The number of aryl methyl sites for hydroxylation is 1.